The van der Waals surface area contributed by atoms with Crippen molar-refractivity contribution in [1.82, 2.24) is 15.5 Å². The molecule has 1 aliphatic rings. The van der Waals surface area contributed by atoms with Gasteiger partial charge in [-0.15, -0.1) is 0 Å². The molecule has 1 saturated heterocycles. The molecule has 6 nitrogen and oxygen atoms in total. The molecule has 3 aromatic carbocycles. The summed E-state index contributed by atoms with van der Waals surface area (Å²) in [4.78, 5) is 27.4. The third kappa shape index (κ3) is 5.03. The van der Waals surface area contributed by atoms with Gasteiger partial charge in [0.05, 0.1) is 19.6 Å². The van der Waals surface area contributed by atoms with Gasteiger partial charge in [0.1, 0.15) is 5.75 Å². The molecule has 0 radical (unpaired) electrons. The maximum absolute atomic E-state index is 12.6. The molecule has 0 bridgehead atoms. The van der Waals surface area contributed by atoms with Crippen LogP contribution in [0, 0.1) is 0 Å². The number of carbonyl (C=O) groups is 2. The van der Waals surface area contributed by atoms with Crippen LogP contribution < -0.4 is 15.4 Å². The second kappa shape index (κ2) is 9.62. The summed E-state index contributed by atoms with van der Waals surface area (Å²) < 4.78 is 5.23. The van der Waals surface area contributed by atoms with Crippen LogP contribution in [0.2, 0.25) is 0 Å². The molecule has 1 heterocycles. The lowest BCUT2D eigenvalue weighted by Crippen LogP contribution is -2.56. The quantitative estimate of drug-likeness (QED) is 0.620. The Kier molecular flexibility index (Phi) is 6.48. The van der Waals surface area contributed by atoms with Crippen molar-refractivity contribution in [2.24, 2.45) is 0 Å². The summed E-state index contributed by atoms with van der Waals surface area (Å²) in [6.07, 6.45) is 0.126. The van der Waals surface area contributed by atoms with E-state index in [0.29, 0.717) is 26.2 Å². The van der Waals surface area contributed by atoms with E-state index in [2.05, 4.69) is 39.8 Å². The number of hydrogen-bond acceptors (Lipinski definition) is 4. The first-order valence-corrected chi connectivity index (χ1v) is 10.5. The van der Waals surface area contributed by atoms with Gasteiger partial charge in [0.15, 0.2) is 0 Å². The second-order valence-electron chi connectivity index (χ2n) is 7.75. The SMILES string of the molecule is COc1cccc(CNC(=O)CC2C(=O)NCCN2Cc2cccc3ccccc23)c1. The molecule has 0 saturated carbocycles. The van der Waals surface area contributed by atoms with Gasteiger partial charge in [0, 0.05) is 26.2 Å². The highest BCUT2D eigenvalue weighted by atomic mass is 16.5. The lowest BCUT2D eigenvalue weighted by molar-refractivity contribution is -0.134. The fourth-order valence-corrected chi connectivity index (χ4v) is 4.05. The van der Waals surface area contributed by atoms with Crippen LogP contribution in [0.4, 0.5) is 0 Å². The van der Waals surface area contributed by atoms with Crippen LogP contribution in [-0.2, 0) is 22.7 Å². The van der Waals surface area contributed by atoms with Crippen LogP contribution >= 0.6 is 0 Å². The van der Waals surface area contributed by atoms with Crippen LogP contribution in [0.25, 0.3) is 10.8 Å². The van der Waals surface area contributed by atoms with E-state index in [1.165, 1.54) is 10.8 Å². The Labute approximate surface area is 182 Å². The first-order chi connectivity index (χ1) is 15.1. The summed E-state index contributed by atoms with van der Waals surface area (Å²) in [5.74, 6) is 0.510. The molecule has 31 heavy (non-hydrogen) atoms. The molecule has 0 aromatic heterocycles. The van der Waals surface area contributed by atoms with E-state index in [-0.39, 0.29) is 18.2 Å². The molecule has 1 unspecified atom stereocenters. The van der Waals surface area contributed by atoms with Gasteiger partial charge in [-0.05, 0) is 34.0 Å². The highest BCUT2D eigenvalue weighted by Crippen LogP contribution is 2.22. The number of amides is 2. The molecular weight excluding hydrogens is 390 g/mol. The van der Waals surface area contributed by atoms with Gasteiger partial charge in [-0.2, -0.15) is 0 Å². The predicted octanol–water partition coefficient (Wildman–Crippen LogP) is 2.86. The van der Waals surface area contributed by atoms with Crippen molar-refractivity contribution in [3.8, 4) is 5.75 Å². The summed E-state index contributed by atoms with van der Waals surface area (Å²) in [6.45, 7) is 2.32. The fraction of sp³-hybridized carbons (Fsp3) is 0.280. The van der Waals surface area contributed by atoms with Gasteiger partial charge in [-0.3, -0.25) is 14.5 Å². The van der Waals surface area contributed by atoms with Gasteiger partial charge in [-0.25, -0.2) is 0 Å². The standard InChI is InChI=1S/C25H27N3O3/c1-31-21-10-4-6-18(14-21)16-27-24(29)15-23-25(30)26-12-13-28(23)17-20-9-5-8-19-7-2-3-11-22(19)20/h2-11,14,23H,12-13,15-17H2,1H3,(H,26,30)(H,27,29). The van der Waals surface area contributed by atoms with Crippen molar-refractivity contribution in [1.29, 1.82) is 0 Å². The number of methoxy groups -OCH3 is 1. The van der Waals surface area contributed by atoms with Crippen molar-refractivity contribution in [2.45, 2.75) is 25.6 Å². The van der Waals surface area contributed by atoms with Gasteiger partial charge in [-0.1, -0.05) is 54.6 Å². The number of hydrogen-bond donors (Lipinski definition) is 2. The maximum atomic E-state index is 12.6. The normalized spacial score (nSPS) is 16.7. The number of nitrogens with one attached hydrogen (secondary N) is 2. The van der Waals surface area contributed by atoms with Gasteiger partial charge in [0.25, 0.3) is 0 Å². The molecule has 6 heteroatoms. The minimum Gasteiger partial charge on any atom is -0.497 e. The van der Waals surface area contributed by atoms with E-state index in [9.17, 15) is 9.59 Å². The lowest BCUT2D eigenvalue weighted by atomic mass is 10.0. The predicted molar refractivity (Wildman–Crippen MR) is 121 cm³/mol. The first-order valence-electron chi connectivity index (χ1n) is 10.5. The summed E-state index contributed by atoms with van der Waals surface area (Å²) in [5, 5.41) is 8.19. The Hall–Kier alpha value is -3.38. The van der Waals surface area contributed by atoms with Crippen molar-refractivity contribution in [2.75, 3.05) is 20.2 Å². The minimum atomic E-state index is -0.488. The molecule has 3 aromatic rings. The number of piperazine rings is 1. The number of carbonyl (C=O) groups excluding carboxylic acids is 2. The molecule has 160 valence electrons. The minimum absolute atomic E-state index is 0.0944. The van der Waals surface area contributed by atoms with E-state index in [0.717, 1.165) is 16.9 Å². The van der Waals surface area contributed by atoms with Gasteiger partial charge < -0.3 is 15.4 Å². The summed E-state index contributed by atoms with van der Waals surface area (Å²) in [7, 11) is 1.61. The van der Waals surface area contributed by atoms with Crippen LogP contribution in [0.1, 0.15) is 17.5 Å². The number of benzene rings is 3. The molecule has 1 fully saturated rings. The Morgan fingerprint density at radius 1 is 1.13 bits per heavy atom. The molecule has 1 aliphatic heterocycles. The highest BCUT2D eigenvalue weighted by molar-refractivity contribution is 5.89. The van der Waals surface area contributed by atoms with E-state index in [4.69, 9.17) is 4.74 Å². The second-order valence-corrected chi connectivity index (χ2v) is 7.75. The van der Waals surface area contributed by atoms with E-state index in [1.807, 2.05) is 42.5 Å². The number of nitrogens with zero attached hydrogens (tertiary/aromatic N) is 1. The third-order valence-electron chi connectivity index (χ3n) is 5.70. The Morgan fingerprint density at radius 3 is 2.81 bits per heavy atom. The summed E-state index contributed by atoms with van der Waals surface area (Å²) in [6, 6.07) is 21.5. The average molecular weight is 418 g/mol. The number of ether oxygens (including phenoxy) is 1. The first kappa shape index (κ1) is 20.9. The van der Waals surface area contributed by atoms with Crippen LogP contribution in [0.15, 0.2) is 66.7 Å². The molecule has 1 atom stereocenters. The van der Waals surface area contributed by atoms with Gasteiger partial charge >= 0.3 is 0 Å². The topological polar surface area (TPSA) is 70.7 Å². The van der Waals surface area contributed by atoms with Crippen LogP contribution in [0.5, 0.6) is 5.75 Å². The zero-order valence-corrected chi connectivity index (χ0v) is 17.6. The molecule has 4 rings (SSSR count). The lowest BCUT2D eigenvalue weighted by Gasteiger charge is -2.35. The van der Waals surface area contributed by atoms with Crippen LogP contribution in [-0.4, -0.2) is 43.0 Å². The maximum Gasteiger partial charge on any atom is 0.237 e. The van der Waals surface area contributed by atoms with E-state index in [1.54, 1.807) is 7.11 Å². The average Bonchev–Trinajstić information content (AvgIpc) is 2.80. The van der Waals surface area contributed by atoms with Gasteiger partial charge in [0.2, 0.25) is 11.8 Å². The zero-order chi connectivity index (χ0) is 21.6. The number of fused-ring (bicyclic) bond motifs is 1. The monoisotopic (exact) mass is 417 g/mol. The highest BCUT2D eigenvalue weighted by Gasteiger charge is 2.31. The largest absolute Gasteiger partial charge is 0.497 e. The molecular formula is C25H27N3O3. The Morgan fingerprint density at radius 2 is 1.94 bits per heavy atom. The Balaban J connectivity index is 1.43. The van der Waals surface area contributed by atoms with Crippen molar-refractivity contribution in [3.63, 3.8) is 0 Å². The molecule has 0 aliphatic carbocycles. The van der Waals surface area contributed by atoms with E-state index >= 15 is 0 Å². The van der Waals surface area contributed by atoms with Crippen molar-refractivity contribution < 1.29 is 14.3 Å². The van der Waals surface area contributed by atoms with Crippen LogP contribution in [0.3, 0.4) is 0 Å². The molecule has 2 N–H and O–H groups in total. The molecule has 2 amide bonds. The van der Waals surface area contributed by atoms with E-state index < -0.39 is 6.04 Å². The summed E-state index contributed by atoms with van der Waals surface area (Å²) in [5.41, 5.74) is 2.11. The smallest absolute Gasteiger partial charge is 0.237 e. The molecule has 0 spiro atoms. The summed E-state index contributed by atoms with van der Waals surface area (Å²) >= 11 is 0. The number of rotatable bonds is 7. The zero-order valence-electron chi connectivity index (χ0n) is 17.6. The Bertz CT molecular complexity index is 1080. The van der Waals surface area contributed by atoms with Crippen molar-refractivity contribution in [3.05, 3.63) is 77.9 Å². The van der Waals surface area contributed by atoms with Crippen molar-refractivity contribution >= 4 is 22.6 Å². The fourth-order valence-electron chi connectivity index (χ4n) is 4.05. The third-order valence-corrected chi connectivity index (χ3v) is 5.70.